The fraction of sp³-hybridized carbons (Fsp3) is 0.714. The zero-order valence-corrected chi connectivity index (χ0v) is 9.51. The van der Waals surface area contributed by atoms with Gasteiger partial charge in [-0.05, 0) is 0 Å². The molecule has 3 nitrogen and oxygen atoms in total. The van der Waals surface area contributed by atoms with Crippen molar-refractivity contribution in [2.75, 3.05) is 6.61 Å². The Balaban J connectivity index is 0. The average molecular weight is 212 g/mol. The fourth-order valence-corrected chi connectivity index (χ4v) is 0.591. The van der Waals surface area contributed by atoms with Gasteiger partial charge in [0.2, 0.25) is 0 Å². The summed E-state index contributed by atoms with van der Waals surface area (Å²) in [6.07, 6.45) is 7.37. The van der Waals surface area contributed by atoms with Crippen LogP contribution in [-0.4, -0.2) is 15.0 Å². The second-order valence-electron chi connectivity index (χ2n) is 2.22. The topological polar surface area (TPSA) is 43.4 Å². The minimum Gasteiger partial charge on any atom is -0.268 e. The Morgan fingerprint density at radius 2 is 1.67 bits per heavy atom. The molecule has 1 fully saturated rings. The van der Waals surface area contributed by atoms with Crippen LogP contribution in [0.3, 0.4) is 0 Å². The normalized spacial score (nSPS) is 13.4. The molecule has 0 amide bonds. The van der Waals surface area contributed by atoms with E-state index in [1.165, 1.54) is 31.8 Å². The highest BCUT2D eigenvalue weighted by atomic mass is 32.2. The van der Waals surface area contributed by atoms with E-state index < -0.39 is 11.0 Å². The molecule has 74 valence electrons. The van der Waals surface area contributed by atoms with E-state index >= 15 is 0 Å². The van der Waals surface area contributed by atoms with Gasteiger partial charge in [0, 0.05) is 0 Å². The predicted molar refractivity (Wildman–Crippen MR) is 56.0 cm³/mol. The molecule has 0 saturated heterocycles. The lowest BCUT2D eigenvalue weighted by Gasteiger charge is -2.05. The van der Waals surface area contributed by atoms with Gasteiger partial charge in [0.15, 0.2) is 0 Å². The molecular formula is C7H17O3PS. The third-order valence-electron chi connectivity index (χ3n) is 1.30. The lowest BCUT2D eigenvalue weighted by molar-refractivity contribution is 0.375. The molecule has 12 heavy (non-hydrogen) atoms. The summed E-state index contributed by atoms with van der Waals surface area (Å²) in [4.78, 5) is 0. The maximum Gasteiger partial charge on any atom is 0.257 e. The van der Waals surface area contributed by atoms with Crippen LogP contribution in [0.4, 0.5) is 0 Å². The van der Waals surface area contributed by atoms with Crippen LogP contribution in [-0.2, 0) is 15.2 Å². The molecule has 0 aliphatic heterocycles. The van der Waals surface area contributed by atoms with E-state index in [1.807, 2.05) is 0 Å². The molecule has 1 aliphatic carbocycles. The molecule has 0 bridgehead atoms. The first-order valence-electron chi connectivity index (χ1n) is 3.65. The first-order chi connectivity index (χ1) is 5.27. The number of rotatable bonds is 3. The van der Waals surface area contributed by atoms with E-state index in [-0.39, 0.29) is 16.5 Å². The molecule has 1 unspecified atom stereocenters. The van der Waals surface area contributed by atoms with Crippen LogP contribution >= 0.6 is 9.90 Å². The van der Waals surface area contributed by atoms with E-state index in [0.717, 1.165) is 0 Å². The lowest BCUT2D eigenvalue weighted by atomic mass is 10.0. The summed E-state index contributed by atoms with van der Waals surface area (Å²) in [6, 6.07) is 0. The van der Waals surface area contributed by atoms with E-state index in [4.69, 9.17) is 0 Å². The summed E-state index contributed by atoms with van der Waals surface area (Å²) in [5.41, 5.74) is 0. The van der Waals surface area contributed by atoms with Crippen molar-refractivity contribution in [2.45, 2.75) is 25.7 Å². The van der Waals surface area contributed by atoms with Gasteiger partial charge in [0.05, 0.1) is 6.61 Å². The van der Waals surface area contributed by atoms with Gasteiger partial charge >= 0.3 is 0 Å². The Kier molecular flexibility index (Phi) is 13.5. The molecule has 0 aromatic carbocycles. The van der Waals surface area contributed by atoms with Gasteiger partial charge in [-0.15, -0.1) is 6.58 Å². The number of hydrogen-bond donors (Lipinski definition) is 1. The smallest absolute Gasteiger partial charge is 0.257 e. The van der Waals surface area contributed by atoms with Gasteiger partial charge < -0.3 is 0 Å². The van der Waals surface area contributed by atoms with Crippen molar-refractivity contribution in [1.29, 1.82) is 0 Å². The summed E-state index contributed by atoms with van der Waals surface area (Å²) < 4.78 is 23.1. The highest BCUT2D eigenvalue weighted by molar-refractivity contribution is 7.67. The van der Waals surface area contributed by atoms with E-state index in [1.54, 1.807) is 0 Å². The summed E-state index contributed by atoms with van der Waals surface area (Å²) in [7, 11) is -2.68. The molecular weight excluding hydrogens is 195 g/mol. The molecule has 5 heteroatoms. The molecule has 0 aromatic rings. The summed E-state index contributed by atoms with van der Waals surface area (Å²) in [5, 5.41) is 0. The monoisotopic (exact) mass is 212 g/mol. The van der Waals surface area contributed by atoms with Crippen LogP contribution in [0.2, 0.25) is 0 Å². The summed E-state index contributed by atoms with van der Waals surface area (Å²) >= 11 is 0. The lowest BCUT2D eigenvalue weighted by Crippen LogP contribution is -1.85. The largest absolute Gasteiger partial charge is 0.268 e. The molecule has 1 aliphatic rings. The van der Waals surface area contributed by atoms with Crippen molar-refractivity contribution < 1.29 is 12.6 Å². The molecule has 1 rings (SSSR count). The predicted octanol–water partition coefficient (Wildman–Crippen LogP) is 1.33. The van der Waals surface area contributed by atoms with Crippen LogP contribution < -0.4 is 0 Å². The Bertz CT molecular complexity index is 152. The van der Waals surface area contributed by atoms with Gasteiger partial charge in [0.25, 0.3) is 11.0 Å². The van der Waals surface area contributed by atoms with Gasteiger partial charge in [0.1, 0.15) is 0 Å². The van der Waals surface area contributed by atoms with Crippen LogP contribution in [0.25, 0.3) is 0 Å². The summed E-state index contributed by atoms with van der Waals surface area (Å²) in [5.74, 6) is 0. The van der Waals surface area contributed by atoms with Gasteiger partial charge in [-0.2, -0.15) is 9.90 Å². The second kappa shape index (κ2) is 11.1. The third kappa shape index (κ3) is 12.7. The first kappa shape index (κ1) is 14.6. The highest BCUT2D eigenvalue weighted by Crippen LogP contribution is 2.15. The second-order valence-corrected chi connectivity index (χ2v) is 2.93. The van der Waals surface area contributed by atoms with Crippen LogP contribution in [0.5, 0.6) is 0 Å². The Hall–Kier alpha value is 0.0800. The molecule has 1 atom stereocenters. The SMILES string of the molecule is C1CCC1.C=CCO[SH](=O)=O.P. The Labute approximate surface area is 79.0 Å². The average Bonchev–Trinajstić information content (AvgIpc) is 1.79. The minimum atomic E-state index is -2.68. The quantitative estimate of drug-likeness (QED) is 0.436. The van der Waals surface area contributed by atoms with Gasteiger partial charge in [-0.1, -0.05) is 31.8 Å². The number of thiol groups is 1. The maximum absolute atomic E-state index is 9.53. The molecule has 0 N–H and O–H groups in total. The van der Waals surface area contributed by atoms with E-state index in [2.05, 4.69) is 10.8 Å². The molecule has 0 radical (unpaired) electrons. The van der Waals surface area contributed by atoms with Crippen molar-refractivity contribution in [3.05, 3.63) is 12.7 Å². The van der Waals surface area contributed by atoms with E-state index in [0.29, 0.717) is 0 Å². The van der Waals surface area contributed by atoms with Crippen LogP contribution in [0, 0.1) is 0 Å². The fourth-order valence-electron chi connectivity index (χ4n) is 0.364. The maximum atomic E-state index is 9.53. The van der Waals surface area contributed by atoms with Crippen molar-refractivity contribution in [1.82, 2.24) is 0 Å². The van der Waals surface area contributed by atoms with Crippen LogP contribution in [0.1, 0.15) is 25.7 Å². The zero-order valence-electron chi connectivity index (χ0n) is 7.20. The third-order valence-corrected chi connectivity index (χ3v) is 1.66. The standard InChI is InChI=1S/C4H8.C3H6O3S.H3P/c1-2-4-3-1;1-2-3-6-7(4)5;/h1-4H2;2,7H,1,3H2;1H3. The Morgan fingerprint density at radius 1 is 1.25 bits per heavy atom. The highest BCUT2D eigenvalue weighted by Gasteiger charge is 1.95. The van der Waals surface area contributed by atoms with Gasteiger partial charge in [-0.3, -0.25) is 4.18 Å². The van der Waals surface area contributed by atoms with Crippen molar-refractivity contribution in [3.8, 4) is 0 Å². The molecule has 1 saturated carbocycles. The van der Waals surface area contributed by atoms with E-state index in [9.17, 15) is 8.42 Å². The molecule has 0 heterocycles. The molecule has 0 aromatic heterocycles. The first-order valence-corrected chi connectivity index (χ1v) is 4.75. The minimum absolute atomic E-state index is 0. The van der Waals surface area contributed by atoms with Crippen LogP contribution in [0.15, 0.2) is 12.7 Å². The Morgan fingerprint density at radius 3 is 1.75 bits per heavy atom. The van der Waals surface area contributed by atoms with Crippen molar-refractivity contribution >= 4 is 20.9 Å². The van der Waals surface area contributed by atoms with Gasteiger partial charge in [-0.25, -0.2) is 8.42 Å². The van der Waals surface area contributed by atoms with Crippen molar-refractivity contribution in [3.63, 3.8) is 0 Å². The zero-order chi connectivity index (χ0) is 8.53. The molecule has 0 spiro atoms. The van der Waals surface area contributed by atoms with Crippen molar-refractivity contribution in [2.24, 2.45) is 0 Å². The summed E-state index contributed by atoms with van der Waals surface area (Å²) in [6.45, 7) is 3.31. The number of hydrogen-bond acceptors (Lipinski definition) is 3.